The number of carbonyl (C=O) groups excluding carboxylic acids is 4. The summed E-state index contributed by atoms with van der Waals surface area (Å²) in [5.74, 6) is -3.33. The molecule has 3 aliphatic heterocycles. The number of carbonyl (C=O) groups is 4. The molecule has 2 saturated carbocycles. The monoisotopic (exact) mass is 803 g/mol. The van der Waals surface area contributed by atoms with E-state index in [9.17, 15) is 36.4 Å². The van der Waals surface area contributed by atoms with Gasteiger partial charge < -0.3 is 34.5 Å². The van der Waals surface area contributed by atoms with Crippen molar-refractivity contribution in [1.82, 2.24) is 25.2 Å². The number of pyridine rings is 1. The number of fused-ring (bicyclic) bond motifs is 5. The zero-order valence-corrected chi connectivity index (χ0v) is 32.6. The molecule has 1 unspecified atom stereocenters. The van der Waals surface area contributed by atoms with Gasteiger partial charge in [-0.15, -0.1) is 8.78 Å². The lowest BCUT2D eigenvalue weighted by Crippen LogP contribution is -2.59. The van der Waals surface area contributed by atoms with Gasteiger partial charge in [-0.25, -0.2) is 18.2 Å². The summed E-state index contributed by atoms with van der Waals surface area (Å²) in [7, 11) is -3.95. The maximum absolute atomic E-state index is 14.7. The molecule has 7 atom stereocenters. The second-order valence-electron chi connectivity index (χ2n) is 16.6. The van der Waals surface area contributed by atoms with Gasteiger partial charge in [0.25, 0.3) is 5.91 Å². The molecule has 2 aromatic rings. The summed E-state index contributed by atoms with van der Waals surface area (Å²) in [5, 5.41) is 5.44. The SMILES string of the molecule is C[C@H]1CC/C=C\C2C[C@@]2(C(=O)NS(=O)(=O)C2CC2)NC(=O)[C@@H]2C[C@@H](Oc3nccc4c5c(ccc34)OC(F)(F)O5)CN2C(=O)[C@@H](NC(=O)OC(C)(C)C)[C@H](C)C1. The van der Waals surface area contributed by atoms with Crippen molar-refractivity contribution in [2.75, 3.05) is 6.54 Å². The van der Waals surface area contributed by atoms with Crippen LogP contribution in [0.1, 0.15) is 79.6 Å². The highest BCUT2D eigenvalue weighted by Gasteiger charge is 2.62. The van der Waals surface area contributed by atoms with Gasteiger partial charge in [0.2, 0.25) is 27.7 Å². The Balaban J connectivity index is 1.22. The maximum Gasteiger partial charge on any atom is 0.586 e. The van der Waals surface area contributed by atoms with Gasteiger partial charge in [-0.05, 0) is 89.3 Å². The van der Waals surface area contributed by atoms with E-state index in [0.29, 0.717) is 31.1 Å². The molecule has 304 valence electrons. The molecule has 1 saturated heterocycles. The van der Waals surface area contributed by atoms with Crippen LogP contribution in [0, 0.1) is 17.8 Å². The number of amides is 4. The smallest absolute Gasteiger partial charge is 0.472 e. The minimum Gasteiger partial charge on any atom is -0.472 e. The number of ether oxygens (including phenoxy) is 4. The van der Waals surface area contributed by atoms with Crippen LogP contribution >= 0.6 is 0 Å². The van der Waals surface area contributed by atoms with E-state index in [1.165, 1.54) is 29.3 Å². The van der Waals surface area contributed by atoms with Crippen molar-refractivity contribution in [3.8, 4) is 17.4 Å². The number of benzene rings is 1. The molecule has 0 radical (unpaired) electrons. The molecule has 15 nitrogen and oxygen atoms in total. The summed E-state index contributed by atoms with van der Waals surface area (Å²) in [6, 6.07) is 1.87. The van der Waals surface area contributed by atoms with E-state index in [0.717, 1.165) is 6.42 Å². The first-order chi connectivity index (χ1) is 26.2. The Morgan fingerprint density at radius 2 is 1.80 bits per heavy atom. The first-order valence-electron chi connectivity index (χ1n) is 18.9. The van der Waals surface area contributed by atoms with E-state index in [1.807, 2.05) is 26.0 Å². The van der Waals surface area contributed by atoms with Crippen molar-refractivity contribution in [1.29, 1.82) is 0 Å². The third kappa shape index (κ3) is 8.20. The van der Waals surface area contributed by atoms with Crippen LogP contribution in [0.5, 0.6) is 17.4 Å². The minimum absolute atomic E-state index is 0.0175. The van der Waals surface area contributed by atoms with Gasteiger partial charge in [-0.1, -0.05) is 26.0 Å². The topological polar surface area (TPSA) is 192 Å². The molecule has 3 fully saturated rings. The fourth-order valence-electron chi connectivity index (χ4n) is 7.82. The number of hydrogen-bond acceptors (Lipinski definition) is 11. The van der Waals surface area contributed by atoms with Crippen LogP contribution < -0.4 is 29.6 Å². The van der Waals surface area contributed by atoms with Crippen LogP contribution in [0.2, 0.25) is 0 Å². The highest BCUT2D eigenvalue weighted by molar-refractivity contribution is 7.91. The van der Waals surface area contributed by atoms with Crippen LogP contribution in [0.3, 0.4) is 0 Å². The van der Waals surface area contributed by atoms with Gasteiger partial charge in [0, 0.05) is 29.3 Å². The lowest BCUT2D eigenvalue weighted by atomic mass is 9.88. The molecular weight excluding hydrogens is 757 g/mol. The summed E-state index contributed by atoms with van der Waals surface area (Å²) in [6.45, 7) is 8.80. The standard InChI is InChI=1S/C38H47F2N5O10S/c1-20-8-6-7-9-22-18-37(22,34(48)44-56(50,51)24-10-11-24)43-31(46)27-17-23(19-45(27)33(47)29(21(2)16-20)42-35(49)55-36(3,4)5)52-32-26-12-13-28-30(25(26)14-15-41-32)54-38(39,40)53-28/h7,9,12-15,20-24,27,29H,6,8,10-11,16-19H2,1-5H3,(H,42,49)(H,43,46)(H,44,48)/b9-7-/t20-,21+,22?,23+,27-,29-,37+/m0/s1. The Labute approximate surface area is 323 Å². The number of alkyl carbamates (subject to hydrolysis) is 1. The maximum atomic E-state index is 14.7. The number of sulfonamides is 1. The molecule has 0 bridgehead atoms. The van der Waals surface area contributed by atoms with Crippen molar-refractivity contribution < 1.29 is 55.3 Å². The van der Waals surface area contributed by atoms with Gasteiger partial charge in [-0.2, -0.15) is 0 Å². The van der Waals surface area contributed by atoms with Crippen molar-refractivity contribution >= 4 is 44.6 Å². The van der Waals surface area contributed by atoms with Gasteiger partial charge in [0.15, 0.2) is 11.5 Å². The number of nitrogens with one attached hydrogen (secondary N) is 3. The third-order valence-electron chi connectivity index (χ3n) is 10.8. The molecule has 1 aromatic heterocycles. The number of allylic oxidation sites excluding steroid dienone is 1. The molecule has 1 aromatic carbocycles. The summed E-state index contributed by atoms with van der Waals surface area (Å²) < 4.78 is 77.1. The van der Waals surface area contributed by atoms with Crippen LogP contribution in [0.15, 0.2) is 36.5 Å². The van der Waals surface area contributed by atoms with Crippen LogP contribution in [-0.4, -0.2) is 89.5 Å². The second-order valence-corrected chi connectivity index (χ2v) is 18.6. The predicted octanol–water partition coefficient (Wildman–Crippen LogP) is 4.29. The molecular formula is C38H47F2N5O10S. The largest absolute Gasteiger partial charge is 0.586 e. The van der Waals surface area contributed by atoms with E-state index in [1.54, 1.807) is 20.8 Å². The highest BCUT2D eigenvalue weighted by Crippen LogP contribution is 2.48. The highest BCUT2D eigenvalue weighted by atomic mass is 32.2. The lowest BCUT2D eigenvalue weighted by Gasteiger charge is -2.33. The molecule has 2 aliphatic carbocycles. The Kier molecular flexibility index (Phi) is 10.1. The van der Waals surface area contributed by atoms with Gasteiger partial charge in [-0.3, -0.25) is 19.1 Å². The first kappa shape index (κ1) is 39.5. The predicted molar refractivity (Wildman–Crippen MR) is 196 cm³/mol. The zero-order valence-electron chi connectivity index (χ0n) is 31.8. The van der Waals surface area contributed by atoms with Crippen molar-refractivity contribution in [3.63, 3.8) is 0 Å². The molecule has 7 rings (SSSR count). The molecule has 18 heteroatoms. The molecule has 4 amide bonds. The van der Waals surface area contributed by atoms with Gasteiger partial charge in [0.1, 0.15) is 29.3 Å². The molecule has 3 N–H and O–H groups in total. The van der Waals surface area contributed by atoms with Crippen LogP contribution in [-0.2, 0) is 29.1 Å². The van der Waals surface area contributed by atoms with Crippen molar-refractivity contribution in [2.45, 2.75) is 120 Å². The third-order valence-corrected chi connectivity index (χ3v) is 12.7. The Bertz CT molecular complexity index is 2070. The second kappa shape index (κ2) is 14.3. The van der Waals surface area contributed by atoms with Crippen LogP contribution in [0.25, 0.3) is 10.8 Å². The fraction of sp³-hybridized carbons (Fsp3) is 0.605. The Morgan fingerprint density at radius 3 is 2.52 bits per heavy atom. The fourth-order valence-corrected chi connectivity index (χ4v) is 9.18. The van der Waals surface area contributed by atoms with Crippen LogP contribution in [0.4, 0.5) is 13.6 Å². The number of halogens is 2. The summed E-state index contributed by atoms with van der Waals surface area (Å²) >= 11 is 0. The van der Waals surface area contributed by atoms with E-state index in [2.05, 4.69) is 25.1 Å². The summed E-state index contributed by atoms with van der Waals surface area (Å²) in [4.78, 5) is 61.7. The normalized spacial score (nSPS) is 30.9. The number of rotatable bonds is 6. The van der Waals surface area contributed by atoms with E-state index >= 15 is 0 Å². The van der Waals surface area contributed by atoms with Crippen molar-refractivity contribution in [3.05, 3.63) is 36.5 Å². The molecule has 5 aliphatic rings. The lowest BCUT2D eigenvalue weighted by molar-refractivity contribution is -0.286. The zero-order chi connectivity index (χ0) is 40.4. The summed E-state index contributed by atoms with van der Waals surface area (Å²) in [6.07, 6.45) is 2.32. The number of hydrogen-bond donors (Lipinski definition) is 3. The molecule has 0 spiro atoms. The molecule has 4 heterocycles. The average Bonchev–Trinajstić information content (AvgIpc) is 4.00. The molecule has 56 heavy (non-hydrogen) atoms. The Morgan fingerprint density at radius 1 is 1.05 bits per heavy atom. The number of alkyl halides is 2. The number of nitrogens with zero attached hydrogens (tertiary/aromatic N) is 2. The van der Waals surface area contributed by atoms with Crippen molar-refractivity contribution in [2.24, 2.45) is 17.8 Å². The van der Waals surface area contributed by atoms with E-state index < -0.39 is 86.5 Å². The quantitative estimate of drug-likeness (QED) is 0.353. The Hall–Kier alpha value is -4.74. The van der Waals surface area contributed by atoms with Gasteiger partial charge >= 0.3 is 12.4 Å². The average molecular weight is 804 g/mol. The van der Waals surface area contributed by atoms with E-state index in [-0.39, 0.29) is 48.1 Å². The van der Waals surface area contributed by atoms with E-state index in [4.69, 9.17) is 14.2 Å². The summed E-state index contributed by atoms with van der Waals surface area (Å²) in [5.41, 5.74) is -2.45. The minimum atomic E-state index is -3.95. The first-order valence-corrected chi connectivity index (χ1v) is 20.5. The van der Waals surface area contributed by atoms with Gasteiger partial charge in [0.05, 0.1) is 11.8 Å². The number of aromatic nitrogens is 1.